The number of rotatable bonds is 2. The number of nitrogens with zero attached hydrogens (tertiary/aromatic N) is 2. The molecule has 0 amide bonds. The number of aromatic nitrogens is 1. The van der Waals surface area contributed by atoms with E-state index in [0.29, 0.717) is 5.56 Å². The van der Waals surface area contributed by atoms with E-state index in [0.717, 1.165) is 46.1 Å². The molecule has 5 aromatic carbocycles. The number of thiophene rings is 1. The molecule has 2 aromatic heterocycles. The second kappa shape index (κ2) is 8.71. The van der Waals surface area contributed by atoms with Crippen LogP contribution in [0, 0.1) is 23.5 Å². The van der Waals surface area contributed by atoms with Crippen LogP contribution in [0.15, 0.2) is 103 Å². The molecule has 3 heteroatoms. The maximum absolute atomic E-state index is 9.91. The minimum absolute atomic E-state index is 0.0556. The summed E-state index contributed by atoms with van der Waals surface area (Å²) in [5, 5.41) is 14.7. The van der Waals surface area contributed by atoms with E-state index in [1.165, 1.54) is 47.8 Å². The van der Waals surface area contributed by atoms with E-state index in [-0.39, 0.29) is 5.41 Å². The highest BCUT2D eigenvalue weighted by molar-refractivity contribution is 7.26. The summed E-state index contributed by atoms with van der Waals surface area (Å²) in [6.07, 6.45) is 6.82. The Kier molecular flexibility index (Phi) is 4.97. The lowest BCUT2D eigenvalue weighted by atomic mass is 9.80. The quantitative estimate of drug-likeness (QED) is 0.205. The van der Waals surface area contributed by atoms with Gasteiger partial charge in [0.2, 0.25) is 0 Å². The van der Waals surface area contributed by atoms with Crippen LogP contribution < -0.4 is 0 Å². The van der Waals surface area contributed by atoms with Gasteiger partial charge in [-0.2, -0.15) is 5.26 Å². The molecule has 0 spiro atoms. The molecule has 0 atom stereocenters. The Morgan fingerprint density at radius 3 is 2.40 bits per heavy atom. The van der Waals surface area contributed by atoms with Crippen molar-refractivity contribution in [1.82, 2.24) is 4.57 Å². The molecule has 43 heavy (non-hydrogen) atoms. The Hall–Kier alpha value is -5.09. The molecule has 0 saturated heterocycles. The molecule has 0 radical (unpaired) electrons. The second-order valence-electron chi connectivity index (χ2n) is 12.2. The summed E-state index contributed by atoms with van der Waals surface area (Å²) in [6, 6.07) is 39.6. The van der Waals surface area contributed by atoms with Crippen molar-refractivity contribution in [3.8, 4) is 22.9 Å². The minimum atomic E-state index is -0.0556. The molecule has 202 valence electrons. The van der Waals surface area contributed by atoms with Crippen molar-refractivity contribution in [2.75, 3.05) is 0 Å². The smallest absolute Gasteiger partial charge is 0.0991 e. The van der Waals surface area contributed by atoms with Crippen molar-refractivity contribution >= 4 is 58.9 Å². The zero-order valence-electron chi connectivity index (χ0n) is 24.0. The summed E-state index contributed by atoms with van der Waals surface area (Å²) in [7, 11) is 0. The molecule has 0 fully saturated rings. The van der Waals surface area contributed by atoms with Gasteiger partial charge in [0.05, 0.1) is 33.7 Å². The summed E-state index contributed by atoms with van der Waals surface area (Å²) in [6.45, 7) is 4.72. The van der Waals surface area contributed by atoms with Crippen LogP contribution in [0.2, 0.25) is 0 Å². The van der Waals surface area contributed by atoms with Gasteiger partial charge in [-0.15, -0.1) is 11.3 Å². The average Bonchev–Trinajstić information content (AvgIpc) is 3.66. The minimum Gasteiger partial charge on any atom is -0.309 e. The fraction of sp³-hybridized carbons (Fsp3) is 0.125. The zero-order chi connectivity index (χ0) is 28.9. The third-order valence-corrected chi connectivity index (χ3v) is 10.7. The van der Waals surface area contributed by atoms with E-state index in [1.54, 1.807) is 0 Å². The lowest BCUT2D eigenvalue weighted by molar-refractivity contribution is 0.658. The van der Waals surface area contributed by atoms with Gasteiger partial charge in [-0.05, 0) is 77.6 Å². The van der Waals surface area contributed by atoms with Crippen molar-refractivity contribution in [2.24, 2.45) is 0 Å². The normalized spacial score (nSPS) is 15.3. The van der Waals surface area contributed by atoms with E-state index in [9.17, 15) is 5.26 Å². The first-order chi connectivity index (χ1) is 21.0. The van der Waals surface area contributed by atoms with Crippen molar-refractivity contribution < 1.29 is 0 Å². The topological polar surface area (TPSA) is 28.7 Å². The number of para-hydroxylation sites is 2. The number of hydrogen-bond donors (Lipinski definition) is 0. The molecule has 2 aliphatic rings. The summed E-state index contributed by atoms with van der Waals surface area (Å²) in [5.41, 5.74) is 11.7. The van der Waals surface area contributed by atoms with Gasteiger partial charge in [-0.1, -0.05) is 80.6 Å². The summed E-state index contributed by atoms with van der Waals surface area (Å²) >= 11 is 1.87. The molecule has 7 aromatic rings. The van der Waals surface area contributed by atoms with E-state index in [4.69, 9.17) is 0 Å². The Morgan fingerprint density at radius 2 is 1.63 bits per heavy atom. The summed E-state index contributed by atoms with van der Waals surface area (Å²) in [5.74, 6) is 0. The molecule has 0 N–H and O–H groups in total. The number of nitriles is 1. The molecule has 2 nitrogen and oxygen atoms in total. The van der Waals surface area contributed by atoms with Gasteiger partial charge >= 0.3 is 0 Å². The van der Waals surface area contributed by atoms with Crippen LogP contribution >= 0.6 is 11.3 Å². The predicted molar refractivity (Wildman–Crippen MR) is 180 cm³/mol. The highest BCUT2D eigenvalue weighted by Gasteiger charge is 2.39. The van der Waals surface area contributed by atoms with Crippen LogP contribution in [-0.4, -0.2) is 4.57 Å². The highest BCUT2D eigenvalue weighted by Crippen LogP contribution is 2.53. The number of benzene rings is 4. The van der Waals surface area contributed by atoms with Gasteiger partial charge in [0, 0.05) is 42.1 Å². The molecule has 0 bridgehead atoms. The summed E-state index contributed by atoms with van der Waals surface area (Å²) < 4.78 is 4.92. The molecule has 0 saturated carbocycles. The van der Waals surface area contributed by atoms with E-state index in [2.05, 4.69) is 122 Å². The standard InChI is InChI=1S/C40H26N2S/c1-40(2)33-12-6-3-9-26(33)29-17-18-30-32-22-25(16-20-37(32)43-39(30)38(29)40)31-21-24(23-41)15-19-36(31)42-34-13-7-4-10-27(34)28-11-5-8-14-35(28)42/h4-8,10-16,19-22H,3,9H2,1-2H3. The predicted octanol–water partition coefficient (Wildman–Crippen LogP) is 10.7. The largest absolute Gasteiger partial charge is 0.309 e. The first kappa shape index (κ1) is 24.5. The second-order valence-corrected chi connectivity index (χ2v) is 13.2. The van der Waals surface area contributed by atoms with Crippen LogP contribution in [0.1, 0.15) is 43.4 Å². The first-order valence-corrected chi connectivity index (χ1v) is 15.6. The van der Waals surface area contributed by atoms with Crippen molar-refractivity contribution in [1.29, 1.82) is 5.26 Å². The van der Waals surface area contributed by atoms with Gasteiger partial charge in [0.1, 0.15) is 0 Å². The first-order valence-electron chi connectivity index (χ1n) is 14.8. The molecule has 2 aliphatic carbocycles. The van der Waals surface area contributed by atoms with Gasteiger partial charge in [0.25, 0.3) is 0 Å². The van der Waals surface area contributed by atoms with Gasteiger partial charge in [0.15, 0.2) is 0 Å². The van der Waals surface area contributed by atoms with E-state index in [1.807, 2.05) is 23.5 Å². The fourth-order valence-corrected chi connectivity index (χ4v) is 8.90. The maximum Gasteiger partial charge on any atom is 0.0991 e. The lowest BCUT2D eigenvalue weighted by Gasteiger charge is -2.24. The van der Waals surface area contributed by atoms with Crippen LogP contribution in [-0.2, 0) is 5.41 Å². The van der Waals surface area contributed by atoms with Crippen molar-refractivity contribution in [2.45, 2.75) is 32.1 Å². The summed E-state index contributed by atoms with van der Waals surface area (Å²) in [4.78, 5) is 0. The molecule has 0 aliphatic heterocycles. The number of hydrogen-bond acceptors (Lipinski definition) is 2. The monoisotopic (exact) mass is 566 g/mol. The number of allylic oxidation sites excluding steroid dienone is 4. The Balaban J connectivity index is 1.30. The Bertz CT molecular complexity index is 2380. The van der Waals surface area contributed by atoms with Gasteiger partial charge < -0.3 is 4.57 Å². The van der Waals surface area contributed by atoms with Crippen LogP contribution in [0.25, 0.3) is 64.4 Å². The van der Waals surface area contributed by atoms with E-state index < -0.39 is 0 Å². The molecular weight excluding hydrogens is 541 g/mol. The van der Waals surface area contributed by atoms with Gasteiger partial charge in [-0.25, -0.2) is 0 Å². The number of fused-ring (bicyclic) bond motifs is 9. The maximum atomic E-state index is 9.91. The molecule has 9 rings (SSSR count). The zero-order valence-corrected chi connectivity index (χ0v) is 24.8. The Morgan fingerprint density at radius 1 is 0.860 bits per heavy atom. The van der Waals surface area contributed by atoms with Crippen LogP contribution in [0.5, 0.6) is 0 Å². The third kappa shape index (κ3) is 3.29. The van der Waals surface area contributed by atoms with Crippen molar-refractivity contribution in [3.05, 3.63) is 131 Å². The average molecular weight is 567 g/mol. The van der Waals surface area contributed by atoms with Crippen molar-refractivity contribution in [3.63, 3.8) is 0 Å². The lowest BCUT2D eigenvalue weighted by Crippen LogP contribution is -2.16. The van der Waals surface area contributed by atoms with E-state index >= 15 is 0 Å². The fourth-order valence-electron chi connectivity index (χ4n) is 7.55. The third-order valence-electron chi connectivity index (χ3n) is 9.51. The van der Waals surface area contributed by atoms with Crippen LogP contribution in [0.4, 0.5) is 0 Å². The highest BCUT2D eigenvalue weighted by atomic mass is 32.1. The molecule has 2 heterocycles. The molecular formula is C40H26N2S. The van der Waals surface area contributed by atoms with Gasteiger partial charge in [-0.3, -0.25) is 0 Å². The SMILES string of the molecule is CC1(C)C2=C(CCC=C2)c2c#cc3c(sc4ccc(-c5cc(C#N)ccc5-n5c6ccccc6c6ccccc65)cc43)c21. The Labute approximate surface area is 254 Å². The van der Waals surface area contributed by atoms with Crippen LogP contribution in [0.3, 0.4) is 0 Å². The molecule has 0 unspecified atom stereocenters.